The van der Waals surface area contributed by atoms with E-state index in [0.29, 0.717) is 11.8 Å². The molecule has 0 spiro atoms. The molecule has 3 nitrogen and oxygen atoms in total. The Morgan fingerprint density at radius 3 is 2.67 bits per heavy atom. The number of amides is 1. The van der Waals surface area contributed by atoms with Gasteiger partial charge in [-0.15, -0.1) is 0 Å². The van der Waals surface area contributed by atoms with E-state index in [1.165, 1.54) is 7.05 Å². The van der Waals surface area contributed by atoms with E-state index in [1.807, 2.05) is 0 Å². The number of carbonyl (C=O) groups excluding carboxylic acids is 1. The fourth-order valence-corrected chi connectivity index (χ4v) is 2.30. The third-order valence-corrected chi connectivity index (χ3v) is 2.92. The zero-order valence-electron chi connectivity index (χ0n) is 7.10. The predicted molar refractivity (Wildman–Crippen MR) is 43.4 cm³/mol. The first-order chi connectivity index (χ1) is 5.68. The molecule has 66 valence electrons. The van der Waals surface area contributed by atoms with Gasteiger partial charge < -0.3 is 0 Å². The molecule has 0 saturated heterocycles. The molecule has 2 rings (SSSR count). The highest BCUT2D eigenvalue weighted by molar-refractivity contribution is 5.78. The number of carbonyl (C=O) groups is 1. The predicted octanol–water partition coefficient (Wildman–Crippen LogP) is 1.05. The van der Waals surface area contributed by atoms with E-state index >= 15 is 0 Å². The molecule has 2 aliphatic rings. The van der Waals surface area contributed by atoms with Gasteiger partial charge in [-0.05, 0) is 24.7 Å². The number of hydrogen-bond donors (Lipinski definition) is 1. The highest BCUT2D eigenvalue weighted by Gasteiger charge is 2.40. The third-order valence-electron chi connectivity index (χ3n) is 2.92. The molecule has 2 bridgehead atoms. The van der Waals surface area contributed by atoms with Crippen molar-refractivity contribution in [3.63, 3.8) is 0 Å². The average Bonchev–Trinajstić information content (AvgIpc) is 2.62. The van der Waals surface area contributed by atoms with Crippen molar-refractivity contribution in [2.24, 2.45) is 17.8 Å². The van der Waals surface area contributed by atoms with Crippen LogP contribution in [0.1, 0.15) is 12.8 Å². The lowest BCUT2D eigenvalue weighted by Crippen LogP contribution is -2.32. The standard InChI is InChI=1S/C9H13NO2/c1-10(12)9(11)8-5-6-2-3-7(8)4-6/h2-3,6-8,12H,4-5H2,1H3. The van der Waals surface area contributed by atoms with E-state index < -0.39 is 0 Å². The van der Waals surface area contributed by atoms with Crippen LogP contribution in [0.15, 0.2) is 12.2 Å². The highest BCUT2D eigenvalue weighted by Crippen LogP contribution is 2.43. The minimum atomic E-state index is -0.133. The van der Waals surface area contributed by atoms with Crippen LogP contribution in [0, 0.1) is 17.8 Å². The summed E-state index contributed by atoms with van der Waals surface area (Å²) in [7, 11) is 1.40. The van der Waals surface area contributed by atoms with Crippen LogP contribution in [-0.4, -0.2) is 23.2 Å². The third kappa shape index (κ3) is 1.05. The van der Waals surface area contributed by atoms with Crippen molar-refractivity contribution in [2.45, 2.75) is 12.8 Å². The van der Waals surface area contributed by atoms with Gasteiger partial charge in [0, 0.05) is 13.0 Å². The summed E-state index contributed by atoms with van der Waals surface area (Å²) in [5, 5.41) is 9.69. The molecular formula is C9H13NO2. The van der Waals surface area contributed by atoms with Gasteiger partial charge >= 0.3 is 0 Å². The van der Waals surface area contributed by atoms with Gasteiger partial charge in [0.05, 0.1) is 0 Å². The Balaban J connectivity index is 2.08. The first kappa shape index (κ1) is 7.80. The van der Waals surface area contributed by atoms with Crippen molar-refractivity contribution in [3.8, 4) is 0 Å². The van der Waals surface area contributed by atoms with Gasteiger partial charge in [-0.25, -0.2) is 5.06 Å². The Hall–Kier alpha value is -0.830. The monoisotopic (exact) mass is 167 g/mol. The number of allylic oxidation sites excluding steroid dienone is 2. The van der Waals surface area contributed by atoms with Crippen LogP contribution in [0.5, 0.6) is 0 Å². The fraction of sp³-hybridized carbons (Fsp3) is 0.667. The number of rotatable bonds is 1. The Labute approximate surface area is 71.6 Å². The van der Waals surface area contributed by atoms with Crippen molar-refractivity contribution < 1.29 is 10.0 Å². The van der Waals surface area contributed by atoms with Gasteiger partial charge in [0.1, 0.15) is 0 Å². The number of fused-ring (bicyclic) bond motifs is 2. The van der Waals surface area contributed by atoms with Gasteiger partial charge in [0.25, 0.3) is 0 Å². The van der Waals surface area contributed by atoms with Crippen LogP contribution in [0.4, 0.5) is 0 Å². The Morgan fingerprint density at radius 2 is 2.25 bits per heavy atom. The molecular weight excluding hydrogens is 154 g/mol. The largest absolute Gasteiger partial charge is 0.286 e. The molecule has 12 heavy (non-hydrogen) atoms. The molecule has 3 unspecified atom stereocenters. The zero-order chi connectivity index (χ0) is 8.72. The lowest BCUT2D eigenvalue weighted by atomic mass is 9.93. The maximum absolute atomic E-state index is 11.4. The minimum absolute atomic E-state index is 0.0370. The van der Waals surface area contributed by atoms with E-state index in [2.05, 4.69) is 12.2 Å². The van der Waals surface area contributed by atoms with Crippen LogP contribution in [0.2, 0.25) is 0 Å². The molecule has 1 amide bonds. The van der Waals surface area contributed by atoms with Crippen molar-refractivity contribution in [3.05, 3.63) is 12.2 Å². The quantitative estimate of drug-likeness (QED) is 0.360. The molecule has 3 heteroatoms. The van der Waals surface area contributed by atoms with Crippen LogP contribution in [0.25, 0.3) is 0 Å². The summed E-state index contributed by atoms with van der Waals surface area (Å²) in [5.41, 5.74) is 0. The number of hydrogen-bond acceptors (Lipinski definition) is 2. The second-order valence-electron chi connectivity index (χ2n) is 3.75. The van der Waals surface area contributed by atoms with Gasteiger partial charge in [-0.3, -0.25) is 10.0 Å². The summed E-state index contributed by atoms with van der Waals surface area (Å²) in [6.07, 6.45) is 6.32. The van der Waals surface area contributed by atoms with Crippen molar-refractivity contribution in [1.82, 2.24) is 5.06 Å². The van der Waals surface area contributed by atoms with Gasteiger partial charge in [-0.1, -0.05) is 12.2 Å². The summed E-state index contributed by atoms with van der Waals surface area (Å²) in [4.78, 5) is 11.4. The van der Waals surface area contributed by atoms with Crippen molar-refractivity contribution >= 4 is 5.91 Å². The second-order valence-corrected chi connectivity index (χ2v) is 3.75. The summed E-state index contributed by atoms with van der Waals surface area (Å²) < 4.78 is 0. The highest BCUT2D eigenvalue weighted by atomic mass is 16.5. The average molecular weight is 167 g/mol. The van der Waals surface area contributed by atoms with Gasteiger partial charge in [0.15, 0.2) is 0 Å². The Kier molecular flexibility index (Phi) is 1.68. The Bertz CT molecular complexity index is 235. The first-order valence-electron chi connectivity index (χ1n) is 4.33. The molecule has 1 fully saturated rings. The van der Waals surface area contributed by atoms with E-state index in [9.17, 15) is 4.79 Å². The number of hydroxylamine groups is 2. The lowest BCUT2D eigenvalue weighted by Gasteiger charge is -2.19. The van der Waals surface area contributed by atoms with Crippen LogP contribution in [-0.2, 0) is 4.79 Å². The van der Waals surface area contributed by atoms with Crippen molar-refractivity contribution in [1.29, 1.82) is 0 Å². The smallest absolute Gasteiger partial charge is 0.249 e. The molecule has 0 heterocycles. The zero-order valence-corrected chi connectivity index (χ0v) is 7.10. The molecule has 3 atom stereocenters. The van der Waals surface area contributed by atoms with Crippen LogP contribution < -0.4 is 0 Å². The summed E-state index contributed by atoms with van der Waals surface area (Å²) in [6.45, 7) is 0. The molecule has 0 aromatic carbocycles. The molecule has 0 radical (unpaired) electrons. The van der Waals surface area contributed by atoms with E-state index in [-0.39, 0.29) is 11.8 Å². The fourth-order valence-electron chi connectivity index (χ4n) is 2.30. The SMILES string of the molecule is CN(O)C(=O)C1CC2C=CC1C2. The van der Waals surface area contributed by atoms with Crippen LogP contribution in [0.3, 0.4) is 0 Å². The molecule has 2 aliphatic carbocycles. The van der Waals surface area contributed by atoms with Crippen LogP contribution >= 0.6 is 0 Å². The van der Waals surface area contributed by atoms with Gasteiger partial charge in [0.2, 0.25) is 5.91 Å². The topological polar surface area (TPSA) is 40.5 Å². The van der Waals surface area contributed by atoms with Gasteiger partial charge in [-0.2, -0.15) is 0 Å². The summed E-state index contributed by atoms with van der Waals surface area (Å²) in [5.74, 6) is 0.878. The molecule has 0 aliphatic heterocycles. The lowest BCUT2D eigenvalue weighted by molar-refractivity contribution is -0.165. The molecule has 0 aromatic heterocycles. The van der Waals surface area contributed by atoms with E-state index in [0.717, 1.165) is 17.9 Å². The maximum atomic E-state index is 11.4. The maximum Gasteiger partial charge on any atom is 0.249 e. The molecule has 1 saturated carbocycles. The summed E-state index contributed by atoms with van der Waals surface area (Å²) in [6, 6.07) is 0. The van der Waals surface area contributed by atoms with E-state index in [1.54, 1.807) is 0 Å². The normalized spacial score (nSPS) is 37.3. The molecule has 1 N–H and O–H groups in total. The minimum Gasteiger partial charge on any atom is -0.286 e. The van der Waals surface area contributed by atoms with Crippen molar-refractivity contribution in [2.75, 3.05) is 7.05 Å². The Morgan fingerprint density at radius 1 is 1.50 bits per heavy atom. The molecule has 0 aromatic rings. The van der Waals surface area contributed by atoms with E-state index in [4.69, 9.17) is 5.21 Å². The number of nitrogens with zero attached hydrogens (tertiary/aromatic N) is 1. The first-order valence-corrected chi connectivity index (χ1v) is 4.33. The second kappa shape index (κ2) is 2.59. The summed E-state index contributed by atoms with van der Waals surface area (Å²) >= 11 is 0.